The molecule has 1 rings (SSSR count). The lowest BCUT2D eigenvalue weighted by Gasteiger charge is -2.31. The van der Waals surface area contributed by atoms with Gasteiger partial charge in [0, 0.05) is 19.1 Å². The van der Waals surface area contributed by atoms with Gasteiger partial charge in [0.1, 0.15) is 0 Å². The zero-order valence-corrected chi connectivity index (χ0v) is 14.0. The van der Waals surface area contributed by atoms with Gasteiger partial charge in [-0.05, 0) is 50.1 Å². The SMILES string of the molecule is CCCNC(CN1CCC(CC)(CC)C1)C(C)CC. The van der Waals surface area contributed by atoms with Crippen LogP contribution in [0.15, 0.2) is 0 Å². The van der Waals surface area contributed by atoms with Gasteiger partial charge < -0.3 is 10.2 Å². The molecule has 0 aromatic carbocycles. The number of likely N-dealkylation sites (tertiary alicyclic amines) is 1. The Morgan fingerprint density at radius 3 is 2.32 bits per heavy atom. The van der Waals surface area contributed by atoms with Gasteiger partial charge >= 0.3 is 0 Å². The minimum absolute atomic E-state index is 0.616. The first-order valence-corrected chi connectivity index (χ1v) is 8.56. The molecule has 0 saturated carbocycles. The fourth-order valence-corrected chi connectivity index (χ4v) is 3.35. The highest BCUT2D eigenvalue weighted by molar-refractivity contribution is 4.90. The molecule has 1 aliphatic heterocycles. The summed E-state index contributed by atoms with van der Waals surface area (Å²) >= 11 is 0. The van der Waals surface area contributed by atoms with Crippen LogP contribution in [0.2, 0.25) is 0 Å². The average Bonchev–Trinajstić information content (AvgIpc) is 2.86. The van der Waals surface area contributed by atoms with E-state index in [0.717, 1.165) is 12.5 Å². The summed E-state index contributed by atoms with van der Waals surface area (Å²) in [5.41, 5.74) is 0.616. The maximum atomic E-state index is 3.77. The number of nitrogens with one attached hydrogen (secondary N) is 1. The van der Waals surface area contributed by atoms with Crippen molar-refractivity contribution < 1.29 is 0 Å². The van der Waals surface area contributed by atoms with Gasteiger partial charge in [-0.1, -0.05) is 41.0 Å². The Labute approximate surface area is 121 Å². The molecule has 2 nitrogen and oxygen atoms in total. The van der Waals surface area contributed by atoms with Crippen LogP contribution < -0.4 is 5.32 Å². The van der Waals surface area contributed by atoms with Crippen molar-refractivity contribution in [3.63, 3.8) is 0 Å². The highest BCUT2D eigenvalue weighted by Gasteiger charge is 2.35. The monoisotopic (exact) mass is 268 g/mol. The Hall–Kier alpha value is -0.0800. The zero-order chi connectivity index (χ0) is 14.3. The van der Waals surface area contributed by atoms with Gasteiger partial charge in [-0.3, -0.25) is 0 Å². The van der Waals surface area contributed by atoms with Gasteiger partial charge in [-0.15, -0.1) is 0 Å². The van der Waals surface area contributed by atoms with Crippen LogP contribution in [0.25, 0.3) is 0 Å². The minimum atomic E-state index is 0.616. The second-order valence-electron chi connectivity index (χ2n) is 6.64. The fraction of sp³-hybridized carbons (Fsp3) is 1.00. The van der Waals surface area contributed by atoms with Crippen molar-refractivity contribution in [1.82, 2.24) is 10.2 Å². The molecule has 0 bridgehead atoms. The molecule has 1 saturated heterocycles. The van der Waals surface area contributed by atoms with Crippen LogP contribution in [0.4, 0.5) is 0 Å². The molecule has 2 unspecified atom stereocenters. The molecule has 0 aromatic rings. The summed E-state index contributed by atoms with van der Waals surface area (Å²) in [6.07, 6.45) is 6.61. The Morgan fingerprint density at radius 1 is 1.16 bits per heavy atom. The van der Waals surface area contributed by atoms with Crippen molar-refractivity contribution in [2.45, 2.75) is 72.8 Å². The van der Waals surface area contributed by atoms with Crippen LogP contribution in [0.5, 0.6) is 0 Å². The van der Waals surface area contributed by atoms with E-state index >= 15 is 0 Å². The molecule has 1 N–H and O–H groups in total. The van der Waals surface area contributed by atoms with Gasteiger partial charge in [-0.2, -0.15) is 0 Å². The molecule has 0 amide bonds. The second kappa shape index (κ2) is 8.26. The van der Waals surface area contributed by atoms with Crippen molar-refractivity contribution in [3.8, 4) is 0 Å². The lowest BCUT2D eigenvalue weighted by molar-refractivity contribution is 0.205. The van der Waals surface area contributed by atoms with Gasteiger partial charge in [0.15, 0.2) is 0 Å². The van der Waals surface area contributed by atoms with Crippen LogP contribution in [-0.2, 0) is 0 Å². The molecule has 0 radical (unpaired) electrons. The number of hydrogen-bond donors (Lipinski definition) is 1. The molecule has 1 heterocycles. The predicted octanol–water partition coefficient (Wildman–Crippen LogP) is 3.91. The second-order valence-corrected chi connectivity index (χ2v) is 6.64. The molecule has 1 fully saturated rings. The molecule has 0 aliphatic carbocycles. The molecule has 2 heteroatoms. The predicted molar refractivity (Wildman–Crippen MR) is 85.6 cm³/mol. The molecule has 1 aliphatic rings. The number of nitrogens with zero attached hydrogens (tertiary/aromatic N) is 1. The van der Waals surface area contributed by atoms with E-state index in [1.807, 2.05) is 0 Å². The maximum absolute atomic E-state index is 3.77. The van der Waals surface area contributed by atoms with E-state index in [0.29, 0.717) is 11.5 Å². The van der Waals surface area contributed by atoms with Gasteiger partial charge in [-0.25, -0.2) is 0 Å². The standard InChI is InChI=1S/C17H36N2/c1-6-11-18-16(15(5)7-2)13-19-12-10-17(8-3,9-4)14-19/h15-16,18H,6-14H2,1-5H3. The van der Waals surface area contributed by atoms with Crippen LogP contribution in [0, 0.1) is 11.3 Å². The van der Waals surface area contributed by atoms with Gasteiger partial charge in [0.25, 0.3) is 0 Å². The van der Waals surface area contributed by atoms with Crippen molar-refractivity contribution >= 4 is 0 Å². The highest BCUT2D eigenvalue weighted by atomic mass is 15.2. The summed E-state index contributed by atoms with van der Waals surface area (Å²) in [5.74, 6) is 0.782. The molecule has 0 spiro atoms. The van der Waals surface area contributed by atoms with Crippen molar-refractivity contribution in [2.75, 3.05) is 26.2 Å². The van der Waals surface area contributed by atoms with E-state index in [2.05, 4.69) is 44.8 Å². The molecule has 19 heavy (non-hydrogen) atoms. The summed E-state index contributed by atoms with van der Waals surface area (Å²) in [5, 5.41) is 3.77. The van der Waals surface area contributed by atoms with Crippen molar-refractivity contribution in [2.24, 2.45) is 11.3 Å². The largest absolute Gasteiger partial charge is 0.312 e. The molecule has 2 atom stereocenters. The van der Waals surface area contributed by atoms with E-state index < -0.39 is 0 Å². The maximum Gasteiger partial charge on any atom is 0.0220 e. The Balaban J connectivity index is 2.51. The zero-order valence-electron chi connectivity index (χ0n) is 14.0. The first kappa shape index (κ1) is 17.0. The first-order chi connectivity index (χ1) is 9.10. The van der Waals surface area contributed by atoms with Crippen LogP contribution in [-0.4, -0.2) is 37.1 Å². The third-order valence-electron chi connectivity index (χ3n) is 5.46. The summed E-state index contributed by atoms with van der Waals surface area (Å²) in [4.78, 5) is 2.71. The minimum Gasteiger partial charge on any atom is -0.312 e. The van der Waals surface area contributed by atoms with E-state index in [4.69, 9.17) is 0 Å². The Morgan fingerprint density at radius 2 is 1.84 bits per heavy atom. The molecular formula is C17H36N2. The number of hydrogen-bond acceptors (Lipinski definition) is 2. The van der Waals surface area contributed by atoms with E-state index in [9.17, 15) is 0 Å². The highest BCUT2D eigenvalue weighted by Crippen LogP contribution is 2.37. The Bertz CT molecular complexity index is 235. The molecule has 114 valence electrons. The summed E-state index contributed by atoms with van der Waals surface area (Å²) in [6, 6.07) is 0.675. The van der Waals surface area contributed by atoms with Gasteiger partial charge in [0.2, 0.25) is 0 Å². The van der Waals surface area contributed by atoms with E-state index in [1.165, 1.54) is 51.7 Å². The van der Waals surface area contributed by atoms with Crippen LogP contribution in [0.3, 0.4) is 0 Å². The Kier molecular flexibility index (Phi) is 7.38. The van der Waals surface area contributed by atoms with Crippen LogP contribution in [0.1, 0.15) is 66.7 Å². The lowest BCUT2D eigenvalue weighted by atomic mass is 9.82. The van der Waals surface area contributed by atoms with Crippen molar-refractivity contribution in [1.29, 1.82) is 0 Å². The van der Waals surface area contributed by atoms with Crippen LogP contribution >= 0.6 is 0 Å². The first-order valence-electron chi connectivity index (χ1n) is 8.56. The quantitative estimate of drug-likeness (QED) is 0.682. The van der Waals surface area contributed by atoms with Crippen molar-refractivity contribution in [3.05, 3.63) is 0 Å². The van der Waals surface area contributed by atoms with E-state index in [-0.39, 0.29) is 0 Å². The molecule has 0 aromatic heterocycles. The summed E-state index contributed by atoms with van der Waals surface area (Å²) < 4.78 is 0. The number of rotatable bonds is 9. The summed E-state index contributed by atoms with van der Waals surface area (Å²) in [7, 11) is 0. The molecular weight excluding hydrogens is 232 g/mol. The third kappa shape index (κ3) is 4.75. The average molecular weight is 268 g/mol. The normalized spacial score (nSPS) is 22.6. The third-order valence-corrected chi connectivity index (χ3v) is 5.46. The summed E-state index contributed by atoms with van der Waals surface area (Å²) in [6.45, 7) is 16.8. The van der Waals surface area contributed by atoms with Gasteiger partial charge in [0.05, 0.1) is 0 Å². The lowest BCUT2D eigenvalue weighted by Crippen LogP contribution is -2.45. The fourth-order valence-electron chi connectivity index (χ4n) is 3.35. The van der Waals surface area contributed by atoms with E-state index in [1.54, 1.807) is 0 Å². The topological polar surface area (TPSA) is 15.3 Å². The smallest absolute Gasteiger partial charge is 0.0220 e.